The Balaban J connectivity index is 0.000000174. The number of methoxy groups -OCH3 is 1. The second-order valence-electron chi connectivity index (χ2n) is 17.9. The number of aliphatic hydroxyl groups excluding tert-OH is 1. The summed E-state index contributed by atoms with van der Waals surface area (Å²) in [5, 5.41) is 22.5. The first-order valence-corrected chi connectivity index (χ1v) is 25.2. The molecule has 0 atom stereocenters. The number of aromatic nitrogens is 15. The van der Waals surface area contributed by atoms with Crippen LogP contribution < -0.4 is 17.2 Å². The minimum Gasteiger partial charge on any atom is -0.458 e. The van der Waals surface area contributed by atoms with Gasteiger partial charge in [0.2, 0.25) is 35.3 Å². The normalized spacial score (nSPS) is 10.9. The van der Waals surface area contributed by atoms with E-state index in [0.29, 0.717) is 102 Å². The van der Waals surface area contributed by atoms with Crippen molar-refractivity contribution in [3.05, 3.63) is 178 Å². The zero-order valence-electron chi connectivity index (χ0n) is 43.4. The predicted molar refractivity (Wildman–Crippen MR) is 311 cm³/mol. The van der Waals surface area contributed by atoms with Gasteiger partial charge in [0.15, 0.2) is 34.2 Å². The number of aryl methyl sites for hydroxylation is 3. The fourth-order valence-electron chi connectivity index (χ4n) is 8.37. The summed E-state index contributed by atoms with van der Waals surface area (Å²) >= 11 is 5.86. The molecular formula is C57H65ClN18O6. The molecule has 0 aliphatic heterocycles. The highest BCUT2D eigenvalue weighted by atomic mass is 35.5. The molecule has 0 amide bonds. The third kappa shape index (κ3) is 13.9. The molecule has 0 spiro atoms. The molecule has 0 aliphatic carbocycles. The van der Waals surface area contributed by atoms with Crippen molar-refractivity contribution in [3.8, 4) is 34.8 Å². The maximum Gasteiger partial charge on any atom is 0.224 e. The number of hydrogen-bond acceptors (Lipinski definition) is 21. The van der Waals surface area contributed by atoms with E-state index in [1.165, 1.54) is 0 Å². The van der Waals surface area contributed by atoms with E-state index in [1.807, 2.05) is 106 Å². The van der Waals surface area contributed by atoms with Crippen LogP contribution in [0, 0.1) is 20.8 Å². The van der Waals surface area contributed by atoms with Crippen LogP contribution in [0.25, 0.3) is 51.7 Å². The molecular weight excluding hydrogens is 1070 g/mol. The number of rotatable bonds is 16. The van der Waals surface area contributed by atoms with Gasteiger partial charge in [-0.15, -0.1) is 11.6 Å². The van der Waals surface area contributed by atoms with Gasteiger partial charge < -0.3 is 45.0 Å². The zero-order chi connectivity index (χ0) is 55.0. The molecule has 24 nitrogen and oxygen atoms in total. The molecule has 12 aromatic heterocycles. The second-order valence-corrected chi connectivity index (χ2v) is 18.2. The summed E-state index contributed by atoms with van der Waals surface area (Å²) in [5.74, 6) is 6.49. The van der Waals surface area contributed by atoms with Crippen molar-refractivity contribution in [1.29, 1.82) is 0 Å². The van der Waals surface area contributed by atoms with Crippen molar-refractivity contribution in [2.45, 2.75) is 81.4 Å². The van der Waals surface area contributed by atoms with Gasteiger partial charge in [-0.2, -0.15) is 58.7 Å². The molecule has 12 heterocycles. The Morgan fingerprint density at radius 2 is 0.817 bits per heavy atom. The third-order valence-corrected chi connectivity index (χ3v) is 12.2. The van der Waals surface area contributed by atoms with Gasteiger partial charge in [-0.3, -0.25) is 15.0 Å². The van der Waals surface area contributed by atoms with E-state index in [2.05, 4.69) is 60.2 Å². The van der Waals surface area contributed by atoms with Gasteiger partial charge in [-0.05, 0) is 93.6 Å². The average Bonchev–Trinajstić information content (AvgIpc) is 4.42. The molecule has 426 valence electrons. The predicted octanol–water partition coefficient (Wildman–Crippen LogP) is 9.08. The molecule has 0 bridgehead atoms. The Morgan fingerprint density at radius 3 is 1.17 bits per heavy atom. The van der Waals surface area contributed by atoms with Gasteiger partial charge >= 0.3 is 0 Å². The lowest BCUT2D eigenvalue weighted by atomic mass is 10.1. The summed E-state index contributed by atoms with van der Waals surface area (Å²) in [6.45, 7) is 7.03. The van der Waals surface area contributed by atoms with E-state index in [-0.39, 0.29) is 46.7 Å². The van der Waals surface area contributed by atoms with Crippen LogP contribution in [0.4, 0.5) is 17.8 Å². The smallest absolute Gasteiger partial charge is 0.224 e. The number of fused-ring (bicyclic) bond motifs is 3. The van der Waals surface area contributed by atoms with Crippen LogP contribution in [0.5, 0.6) is 0 Å². The van der Waals surface area contributed by atoms with E-state index in [4.69, 9.17) is 51.5 Å². The standard InChI is InChI=1S/C20H22N6O3.C17H15ClN6O.C17H16N6O2.3CH4/c1-13-6-7-17(29-13)19-25-20(21)24-18-14(11-22-26(18)19)10-15-4-3-5-16(23-15)12-28-9-8-27-2;1-10-5-6-14(25-10)16-23-17(19)22-15-11(9-20-24(15)16)7-12-3-2-4-13(8-18)21-12;1-10-5-6-14(25-10)16-22-17(18)21-15-11(8-19-23(15)16)7-12-3-2-4-13(9-24)20-12;;;/h3-7,11H,8-10,12H2,1-2H3,(H2,21,24);2-6,9H,7-8H2,1H3,(H2,19,22);2-6,8,24H,7,9H2,1H3,(H2,18,21);3*1H4. The summed E-state index contributed by atoms with van der Waals surface area (Å²) in [7, 11) is 1.65. The van der Waals surface area contributed by atoms with Gasteiger partial charge in [-0.1, -0.05) is 40.5 Å². The molecule has 0 fully saturated rings. The molecule has 7 N–H and O–H groups in total. The summed E-state index contributed by atoms with van der Waals surface area (Å²) in [6, 6.07) is 28.3. The fraction of sp³-hybridized carbons (Fsp3) is 0.263. The Morgan fingerprint density at radius 1 is 0.463 bits per heavy atom. The number of nitrogen functional groups attached to an aromatic ring is 3. The lowest BCUT2D eigenvalue weighted by molar-refractivity contribution is 0.0601. The van der Waals surface area contributed by atoms with Gasteiger partial charge in [0.1, 0.15) is 17.3 Å². The highest BCUT2D eigenvalue weighted by molar-refractivity contribution is 6.16. The van der Waals surface area contributed by atoms with Crippen molar-refractivity contribution in [2.75, 3.05) is 37.5 Å². The van der Waals surface area contributed by atoms with Crippen LogP contribution in [-0.2, 0) is 47.8 Å². The summed E-state index contributed by atoms with van der Waals surface area (Å²) in [4.78, 5) is 39.4. The van der Waals surface area contributed by atoms with Crippen molar-refractivity contribution >= 4 is 46.4 Å². The number of anilines is 3. The molecule has 0 radical (unpaired) electrons. The molecule has 0 saturated heterocycles. The van der Waals surface area contributed by atoms with E-state index >= 15 is 0 Å². The molecule has 0 aromatic carbocycles. The lowest BCUT2D eigenvalue weighted by Crippen LogP contribution is -2.06. The number of ether oxygens (including phenoxy) is 2. The van der Waals surface area contributed by atoms with Crippen molar-refractivity contribution < 1.29 is 27.8 Å². The van der Waals surface area contributed by atoms with E-state index < -0.39 is 0 Å². The summed E-state index contributed by atoms with van der Waals surface area (Å²) in [6.07, 6.45) is 6.87. The quantitative estimate of drug-likeness (QED) is 0.0517. The van der Waals surface area contributed by atoms with Gasteiger partial charge in [0.25, 0.3) is 0 Å². The number of nitrogens with zero attached hydrogens (tertiary/aromatic N) is 15. The Bertz CT molecular complexity index is 3880. The Kier molecular flexibility index (Phi) is 19.9. The molecule has 12 rings (SSSR count). The lowest BCUT2D eigenvalue weighted by Gasteiger charge is -2.06. The van der Waals surface area contributed by atoms with Crippen molar-refractivity contribution in [3.63, 3.8) is 0 Å². The van der Waals surface area contributed by atoms with Gasteiger partial charge in [0, 0.05) is 60.1 Å². The first-order chi connectivity index (χ1) is 38.4. The minimum absolute atomic E-state index is 0. The van der Waals surface area contributed by atoms with Crippen molar-refractivity contribution in [1.82, 2.24) is 73.7 Å². The topological polar surface area (TPSA) is 324 Å². The number of nitrogens with two attached hydrogens (primary N) is 3. The highest BCUT2D eigenvalue weighted by Gasteiger charge is 2.20. The van der Waals surface area contributed by atoms with E-state index in [9.17, 15) is 5.11 Å². The van der Waals surface area contributed by atoms with Crippen LogP contribution in [0.3, 0.4) is 0 Å². The maximum absolute atomic E-state index is 9.23. The summed E-state index contributed by atoms with van der Waals surface area (Å²) in [5.41, 5.74) is 27.2. The average molecular weight is 1130 g/mol. The number of alkyl halides is 1. The van der Waals surface area contributed by atoms with Gasteiger partial charge in [-0.25, -0.2) is 0 Å². The molecule has 0 saturated carbocycles. The minimum atomic E-state index is -0.0975. The largest absolute Gasteiger partial charge is 0.458 e. The molecule has 12 aromatic rings. The summed E-state index contributed by atoms with van der Waals surface area (Å²) < 4.78 is 32.4. The third-order valence-electron chi connectivity index (χ3n) is 11.9. The van der Waals surface area contributed by atoms with Gasteiger partial charge in [0.05, 0.1) is 68.0 Å². The number of aliphatic hydroxyl groups is 1. The molecule has 0 unspecified atom stereocenters. The Labute approximate surface area is 477 Å². The molecule has 0 aliphatic rings. The monoisotopic (exact) mass is 1130 g/mol. The SMILES string of the molecule is C.C.C.COCCOCc1cccc(Cc2cnn3c(-c4ccc(C)o4)nc(N)nc23)n1.Cc1ccc(-c2nc(N)nc3c(Cc4cccc(CCl)n4)cnn23)o1.Cc1ccc(-c2nc(N)nc3c(Cc4cccc(CO)n4)cnn23)o1. The molecule has 25 heteroatoms. The number of furan rings is 3. The van der Waals surface area contributed by atoms with E-state index in [1.54, 1.807) is 45.3 Å². The van der Waals surface area contributed by atoms with Crippen LogP contribution in [-0.4, -0.2) is 99.1 Å². The van der Waals surface area contributed by atoms with Crippen LogP contribution >= 0.6 is 11.6 Å². The zero-order valence-corrected chi connectivity index (χ0v) is 44.1. The Hall–Kier alpha value is -9.49. The highest BCUT2D eigenvalue weighted by Crippen LogP contribution is 2.27. The van der Waals surface area contributed by atoms with Crippen molar-refractivity contribution in [2.24, 2.45) is 0 Å². The first kappa shape index (κ1) is 60.2. The van der Waals surface area contributed by atoms with Crippen LogP contribution in [0.2, 0.25) is 0 Å². The van der Waals surface area contributed by atoms with E-state index in [0.717, 1.165) is 62.4 Å². The second kappa shape index (κ2) is 27.1. The molecule has 82 heavy (non-hydrogen) atoms. The van der Waals surface area contributed by atoms with Crippen LogP contribution in [0.1, 0.15) is 90.4 Å². The van der Waals surface area contributed by atoms with Crippen LogP contribution in [0.15, 0.2) is 123 Å². The maximum atomic E-state index is 9.23. The number of hydrogen-bond donors (Lipinski definition) is 4. The number of halogens is 1. The first-order valence-electron chi connectivity index (χ1n) is 24.7. The number of pyridine rings is 3. The fourth-order valence-corrected chi connectivity index (χ4v) is 8.51.